The lowest BCUT2D eigenvalue weighted by Crippen LogP contribution is -2.24. The summed E-state index contributed by atoms with van der Waals surface area (Å²) in [5, 5.41) is 4.37. The first-order chi connectivity index (χ1) is 13.0. The number of aromatic nitrogens is 2. The lowest BCUT2D eigenvalue weighted by molar-refractivity contribution is -0.116. The molecule has 8 heteroatoms. The van der Waals surface area contributed by atoms with Crippen molar-refractivity contribution >= 4 is 56.3 Å². The molecule has 2 heterocycles. The van der Waals surface area contributed by atoms with Gasteiger partial charge in [0.1, 0.15) is 4.83 Å². The molecule has 5 nitrogen and oxygen atoms in total. The van der Waals surface area contributed by atoms with Gasteiger partial charge < -0.3 is 5.32 Å². The summed E-state index contributed by atoms with van der Waals surface area (Å²) in [5.41, 5.74) is 1.55. The molecule has 140 valence electrons. The summed E-state index contributed by atoms with van der Waals surface area (Å²) in [6.07, 6.45) is 5.91. The third-order valence-electron chi connectivity index (χ3n) is 4.72. The summed E-state index contributed by atoms with van der Waals surface area (Å²) in [6, 6.07) is 4.88. The number of thiophene rings is 1. The van der Waals surface area contributed by atoms with Gasteiger partial charge in [0.05, 0.1) is 22.4 Å². The predicted octanol–water partition coefficient (Wildman–Crippen LogP) is 4.67. The van der Waals surface area contributed by atoms with E-state index in [9.17, 15) is 9.59 Å². The van der Waals surface area contributed by atoms with Crippen molar-refractivity contribution in [3.8, 4) is 0 Å². The van der Waals surface area contributed by atoms with Crippen LogP contribution in [0.2, 0.25) is 10.0 Å². The van der Waals surface area contributed by atoms with E-state index in [0.717, 1.165) is 35.0 Å². The third-order valence-corrected chi connectivity index (χ3v) is 6.49. The van der Waals surface area contributed by atoms with Gasteiger partial charge in [0.15, 0.2) is 0 Å². The molecule has 1 aromatic carbocycles. The van der Waals surface area contributed by atoms with Crippen molar-refractivity contribution in [3.05, 3.63) is 55.4 Å². The quantitative estimate of drug-likeness (QED) is 0.665. The molecule has 2 aromatic heterocycles. The van der Waals surface area contributed by atoms with Crippen LogP contribution in [0.3, 0.4) is 0 Å². The molecular formula is C19H17Cl2N3O2S. The molecule has 0 saturated carbocycles. The first-order valence-electron chi connectivity index (χ1n) is 8.77. The molecule has 4 rings (SSSR count). The number of carbonyl (C=O) groups is 1. The van der Waals surface area contributed by atoms with Crippen LogP contribution in [0, 0.1) is 0 Å². The van der Waals surface area contributed by atoms with Gasteiger partial charge in [-0.3, -0.25) is 14.2 Å². The molecule has 0 spiro atoms. The molecular weight excluding hydrogens is 405 g/mol. The normalized spacial score (nSPS) is 13.6. The molecule has 0 fully saturated rings. The van der Waals surface area contributed by atoms with E-state index in [2.05, 4.69) is 10.3 Å². The minimum absolute atomic E-state index is 0.0620. The minimum Gasteiger partial charge on any atom is -0.325 e. The average molecular weight is 422 g/mol. The number of nitrogens with one attached hydrogen (secondary N) is 1. The fraction of sp³-hybridized carbons (Fsp3) is 0.316. The Balaban J connectivity index is 1.52. The van der Waals surface area contributed by atoms with E-state index < -0.39 is 0 Å². The van der Waals surface area contributed by atoms with Gasteiger partial charge in [-0.25, -0.2) is 4.98 Å². The number of amides is 1. The van der Waals surface area contributed by atoms with Crippen molar-refractivity contribution in [3.63, 3.8) is 0 Å². The first-order valence-corrected chi connectivity index (χ1v) is 10.3. The number of fused-ring (bicyclic) bond motifs is 3. The van der Waals surface area contributed by atoms with Crippen LogP contribution in [0.15, 0.2) is 29.3 Å². The van der Waals surface area contributed by atoms with Gasteiger partial charge in [0.25, 0.3) is 5.56 Å². The zero-order valence-electron chi connectivity index (χ0n) is 14.4. The Hall–Kier alpha value is -1.89. The highest BCUT2D eigenvalue weighted by Crippen LogP contribution is 2.33. The molecule has 27 heavy (non-hydrogen) atoms. The zero-order valence-corrected chi connectivity index (χ0v) is 16.8. The van der Waals surface area contributed by atoms with Crippen LogP contribution in [-0.4, -0.2) is 15.5 Å². The summed E-state index contributed by atoms with van der Waals surface area (Å²) in [5.74, 6) is -0.237. The van der Waals surface area contributed by atoms with Gasteiger partial charge in [-0.05, 0) is 49.4 Å². The number of halogens is 2. The van der Waals surface area contributed by atoms with E-state index in [1.54, 1.807) is 29.5 Å². The van der Waals surface area contributed by atoms with Gasteiger partial charge in [-0.15, -0.1) is 11.3 Å². The average Bonchev–Trinajstić information content (AvgIpc) is 3.03. The van der Waals surface area contributed by atoms with Crippen LogP contribution in [-0.2, 0) is 24.2 Å². The second kappa shape index (κ2) is 7.62. The first kappa shape index (κ1) is 18.5. The van der Waals surface area contributed by atoms with Crippen molar-refractivity contribution in [2.75, 3.05) is 5.32 Å². The molecule has 0 atom stereocenters. The van der Waals surface area contributed by atoms with E-state index >= 15 is 0 Å². The van der Waals surface area contributed by atoms with Crippen LogP contribution < -0.4 is 10.9 Å². The Morgan fingerprint density at radius 2 is 2.07 bits per heavy atom. The highest BCUT2D eigenvalue weighted by Gasteiger charge is 2.20. The van der Waals surface area contributed by atoms with Gasteiger partial charge in [-0.2, -0.15) is 0 Å². The zero-order chi connectivity index (χ0) is 19.0. The monoisotopic (exact) mass is 421 g/mol. The summed E-state index contributed by atoms with van der Waals surface area (Å²) in [7, 11) is 0. The van der Waals surface area contributed by atoms with Crippen LogP contribution in [0.1, 0.15) is 29.7 Å². The molecule has 0 bridgehead atoms. The van der Waals surface area contributed by atoms with E-state index in [4.69, 9.17) is 23.2 Å². The third kappa shape index (κ3) is 3.74. The number of rotatable bonds is 4. The number of hydrogen-bond donors (Lipinski definition) is 1. The van der Waals surface area contributed by atoms with Crippen LogP contribution >= 0.6 is 34.5 Å². The molecule has 3 aromatic rings. The van der Waals surface area contributed by atoms with Gasteiger partial charge >= 0.3 is 0 Å². The Labute approximate surface area is 169 Å². The molecule has 0 radical (unpaired) electrons. The van der Waals surface area contributed by atoms with Gasteiger partial charge in [0, 0.05) is 22.9 Å². The van der Waals surface area contributed by atoms with Gasteiger partial charge in [0.2, 0.25) is 5.91 Å². The number of aryl methyl sites for hydroxylation is 3. The summed E-state index contributed by atoms with van der Waals surface area (Å²) in [6.45, 7) is 0.260. The smallest absolute Gasteiger partial charge is 0.262 e. The number of benzene rings is 1. The van der Waals surface area contributed by atoms with Crippen molar-refractivity contribution < 1.29 is 4.79 Å². The van der Waals surface area contributed by atoms with E-state index in [0.29, 0.717) is 15.7 Å². The minimum atomic E-state index is -0.237. The van der Waals surface area contributed by atoms with Crippen LogP contribution in [0.5, 0.6) is 0 Å². The summed E-state index contributed by atoms with van der Waals surface area (Å²) >= 11 is 13.6. The Kier molecular flexibility index (Phi) is 5.21. The maximum absolute atomic E-state index is 12.9. The second-order valence-electron chi connectivity index (χ2n) is 6.56. The lowest BCUT2D eigenvalue weighted by Gasteiger charge is -2.11. The highest BCUT2D eigenvalue weighted by molar-refractivity contribution is 7.18. The SMILES string of the molecule is O=C(CCn1cnc2sc3c(c2c1=O)CCCC3)Nc1cc(Cl)ccc1Cl. The molecule has 1 amide bonds. The fourth-order valence-electron chi connectivity index (χ4n) is 3.37. The number of anilines is 1. The molecule has 0 unspecified atom stereocenters. The van der Waals surface area contributed by atoms with E-state index in [-0.39, 0.29) is 24.4 Å². The number of nitrogens with zero attached hydrogens (tertiary/aromatic N) is 2. The molecule has 0 saturated heterocycles. The number of carbonyl (C=O) groups excluding carboxylic acids is 1. The van der Waals surface area contributed by atoms with Gasteiger partial charge in [-0.1, -0.05) is 23.2 Å². The van der Waals surface area contributed by atoms with Crippen LogP contribution in [0.25, 0.3) is 10.2 Å². The Morgan fingerprint density at radius 1 is 1.26 bits per heavy atom. The second-order valence-corrected chi connectivity index (χ2v) is 8.48. The topological polar surface area (TPSA) is 64.0 Å². The predicted molar refractivity (Wildman–Crippen MR) is 110 cm³/mol. The summed E-state index contributed by atoms with van der Waals surface area (Å²) in [4.78, 5) is 31.7. The molecule has 1 aliphatic carbocycles. The maximum atomic E-state index is 12.9. The largest absolute Gasteiger partial charge is 0.325 e. The Bertz CT molecular complexity index is 1090. The lowest BCUT2D eigenvalue weighted by atomic mass is 9.97. The summed E-state index contributed by atoms with van der Waals surface area (Å²) < 4.78 is 1.52. The Morgan fingerprint density at radius 3 is 2.93 bits per heavy atom. The van der Waals surface area contributed by atoms with Crippen molar-refractivity contribution in [2.24, 2.45) is 0 Å². The van der Waals surface area contributed by atoms with Crippen molar-refractivity contribution in [1.29, 1.82) is 0 Å². The standard InChI is InChI=1S/C19H17Cl2N3O2S/c20-11-5-6-13(21)14(9-11)23-16(25)7-8-24-10-22-18-17(19(24)26)12-3-1-2-4-15(12)27-18/h5-6,9-10H,1-4,7-8H2,(H,23,25). The van der Waals surface area contributed by atoms with Crippen molar-refractivity contribution in [2.45, 2.75) is 38.6 Å². The number of hydrogen-bond acceptors (Lipinski definition) is 4. The van der Waals surface area contributed by atoms with Crippen molar-refractivity contribution in [1.82, 2.24) is 9.55 Å². The molecule has 1 N–H and O–H groups in total. The fourth-order valence-corrected chi connectivity index (χ4v) is 4.92. The van der Waals surface area contributed by atoms with E-state index in [1.165, 1.54) is 22.2 Å². The van der Waals surface area contributed by atoms with Crippen LogP contribution in [0.4, 0.5) is 5.69 Å². The molecule has 1 aliphatic rings. The maximum Gasteiger partial charge on any atom is 0.262 e. The van der Waals surface area contributed by atoms with E-state index in [1.807, 2.05) is 0 Å². The molecule has 0 aliphatic heterocycles. The highest BCUT2D eigenvalue weighted by atomic mass is 35.5.